The van der Waals surface area contributed by atoms with Crippen LogP contribution in [-0.2, 0) is 6.42 Å². The van der Waals surface area contributed by atoms with E-state index in [-0.39, 0.29) is 6.10 Å². The quantitative estimate of drug-likeness (QED) is 0.889. The second kappa shape index (κ2) is 5.72. The van der Waals surface area contributed by atoms with Crippen molar-refractivity contribution in [1.29, 1.82) is 0 Å². The predicted molar refractivity (Wildman–Crippen MR) is 81.2 cm³/mol. The van der Waals surface area contributed by atoms with Gasteiger partial charge in [0.2, 0.25) is 0 Å². The topological polar surface area (TPSA) is 41.7 Å². The van der Waals surface area contributed by atoms with E-state index in [9.17, 15) is 0 Å². The molecule has 0 saturated carbocycles. The van der Waals surface area contributed by atoms with Crippen molar-refractivity contribution in [3.63, 3.8) is 0 Å². The summed E-state index contributed by atoms with van der Waals surface area (Å²) in [5, 5.41) is 0. The Labute approximate surface area is 121 Å². The Hall–Kier alpha value is -1.10. The summed E-state index contributed by atoms with van der Waals surface area (Å²) in [4.78, 5) is 4.87. The number of likely N-dealkylation sites (N-methyl/N-ethyl adjacent to an activating group) is 1. The van der Waals surface area contributed by atoms with Crippen LogP contribution in [0, 0.1) is 6.92 Å². The molecule has 0 aliphatic carbocycles. The maximum Gasteiger partial charge on any atom is 0.123 e. The average Bonchev–Trinajstić information content (AvgIpc) is 2.82. The number of hydrogen-bond acceptors (Lipinski definition) is 4. The molecule has 3 rings (SSSR count). The van der Waals surface area contributed by atoms with E-state index in [1.807, 2.05) is 0 Å². The van der Waals surface area contributed by atoms with Crippen LogP contribution in [0.2, 0.25) is 0 Å². The van der Waals surface area contributed by atoms with Crippen LogP contribution in [0.25, 0.3) is 0 Å². The van der Waals surface area contributed by atoms with Gasteiger partial charge in [0.05, 0.1) is 0 Å². The summed E-state index contributed by atoms with van der Waals surface area (Å²) in [6.45, 7) is 7.13. The summed E-state index contributed by atoms with van der Waals surface area (Å²) in [6.07, 6.45) is 1.31. The molecule has 2 N–H and O–H groups in total. The minimum absolute atomic E-state index is 0.282. The lowest BCUT2D eigenvalue weighted by atomic mass is 10.1. The van der Waals surface area contributed by atoms with Crippen LogP contribution < -0.4 is 10.5 Å². The highest BCUT2D eigenvalue weighted by Gasteiger charge is 2.30. The van der Waals surface area contributed by atoms with Gasteiger partial charge in [-0.15, -0.1) is 0 Å². The Morgan fingerprint density at radius 1 is 1.35 bits per heavy atom. The maximum atomic E-state index is 6.09. The fraction of sp³-hybridized carbons (Fsp3) is 0.625. The first-order valence-electron chi connectivity index (χ1n) is 7.54. The van der Waals surface area contributed by atoms with Crippen molar-refractivity contribution in [3.05, 3.63) is 29.3 Å². The lowest BCUT2D eigenvalue weighted by Gasteiger charge is -2.40. The number of aryl methyl sites for hydroxylation is 1. The Balaban J connectivity index is 1.62. The summed E-state index contributed by atoms with van der Waals surface area (Å²) in [5.41, 5.74) is 8.59. The molecule has 20 heavy (non-hydrogen) atoms. The number of hydrogen-bond donors (Lipinski definition) is 1. The Kier molecular flexibility index (Phi) is 3.96. The molecule has 0 spiro atoms. The van der Waals surface area contributed by atoms with Gasteiger partial charge in [-0.25, -0.2) is 0 Å². The van der Waals surface area contributed by atoms with Gasteiger partial charge in [-0.1, -0.05) is 17.7 Å². The highest BCUT2D eigenvalue weighted by Crippen LogP contribution is 2.30. The summed E-state index contributed by atoms with van der Waals surface area (Å²) in [7, 11) is 2.17. The van der Waals surface area contributed by atoms with E-state index in [1.54, 1.807) is 0 Å². The summed E-state index contributed by atoms with van der Waals surface area (Å²) >= 11 is 0. The van der Waals surface area contributed by atoms with Crippen LogP contribution in [0.15, 0.2) is 18.2 Å². The molecule has 2 unspecified atom stereocenters. The molecule has 2 atom stereocenters. The lowest BCUT2D eigenvalue weighted by Crippen LogP contribution is -2.56. The van der Waals surface area contributed by atoms with Crippen LogP contribution in [-0.4, -0.2) is 61.7 Å². The molecule has 110 valence electrons. The predicted octanol–water partition coefficient (Wildman–Crippen LogP) is 0.873. The molecule has 1 aromatic carbocycles. The number of rotatable bonds is 3. The normalized spacial score (nSPS) is 27.4. The average molecular weight is 275 g/mol. The molecular formula is C16H25N3O. The first kappa shape index (κ1) is 13.9. The summed E-state index contributed by atoms with van der Waals surface area (Å²) in [5.74, 6) is 1.07. The highest BCUT2D eigenvalue weighted by molar-refractivity contribution is 5.40. The molecule has 4 nitrogen and oxygen atoms in total. The molecular weight excluding hydrogens is 250 g/mol. The molecule has 0 bridgehead atoms. The molecule has 2 aliphatic heterocycles. The summed E-state index contributed by atoms with van der Waals surface area (Å²) < 4.78 is 6.09. The lowest BCUT2D eigenvalue weighted by molar-refractivity contribution is 0.0597. The second-order valence-corrected chi connectivity index (χ2v) is 6.20. The Morgan fingerprint density at radius 2 is 2.20 bits per heavy atom. The first-order chi connectivity index (χ1) is 9.65. The van der Waals surface area contributed by atoms with Gasteiger partial charge in [-0.05, 0) is 25.6 Å². The molecule has 2 heterocycles. The fourth-order valence-corrected chi connectivity index (χ4v) is 3.32. The van der Waals surface area contributed by atoms with Crippen LogP contribution in [0.3, 0.4) is 0 Å². The first-order valence-corrected chi connectivity index (χ1v) is 7.54. The number of nitrogens with two attached hydrogens (primary N) is 1. The standard InChI is InChI=1S/C16H25N3O/c1-12-3-4-16-13(7-12)8-15(20-16)11-19-6-5-18(2)10-14(19)9-17/h3-4,7,14-15H,5-6,8-11,17H2,1-2H3. The van der Waals surface area contributed by atoms with Gasteiger partial charge in [0.15, 0.2) is 0 Å². The Bertz CT molecular complexity index is 477. The smallest absolute Gasteiger partial charge is 0.123 e. The number of nitrogens with zero attached hydrogens (tertiary/aromatic N) is 2. The van der Waals surface area contributed by atoms with Crippen molar-refractivity contribution < 1.29 is 4.74 Å². The van der Waals surface area contributed by atoms with Crippen LogP contribution in [0.4, 0.5) is 0 Å². The molecule has 0 aromatic heterocycles. The fourth-order valence-electron chi connectivity index (χ4n) is 3.32. The minimum Gasteiger partial charge on any atom is -0.488 e. The van der Waals surface area contributed by atoms with E-state index >= 15 is 0 Å². The third kappa shape index (κ3) is 2.82. The van der Waals surface area contributed by atoms with Gasteiger partial charge >= 0.3 is 0 Å². The van der Waals surface area contributed by atoms with E-state index < -0.39 is 0 Å². The molecule has 1 aromatic rings. The van der Waals surface area contributed by atoms with Crippen LogP contribution >= 0.6 is 0 Å². The zero-order chi connectivity index (χ0) is 14.1. The molecule has 2 aliphatic rings. The second-order valence-electron chi connectivity index (χ2n) is 6.20. The molecule has 1 saturated heterocycles. The van der Waals surface area contributed by atoms with Crippen molar-refractivity contribution in [1.82, 2.24) is 9.80 Å². The van der Waals surface area contributed by atoms with Crippen LogP contribution in [0.5, 0.6) is 5.75 Å². The molecule has 4 heteroatoms. The SMILES string of the molecule is Cc1ccc2c(c1)CC(CN1CCN(C)CC1CN)O2. The number of fused-ring (bicyclic) bond motifs is 1. The van der Waals surface area contributed by atoms with E-state index in [1.165, 1.54) is 11.1 Å². The van der Waals surface area contributed by atoms with Crippen LogP contribution in [0.1, 0.15) is 11.1 Å². The molecule has 0 amide bonds. The van der Waals surface area contributed by atoms with Crippen molar-refractivity contribution in [2.24, 2.45) is 5.73 Å². The minimum atomic E-state index is 0.282. The third-order valence-corrected chi connectivity index (χ3v) is 4.48. The largest absolute Gasteiger partial charge is 0.488 e. The number of ether oxygens (including phenoxy) is 1. The van der Waals surface area contributed by atoms with Gasteiger partial charge in [-0.2, -0.15) is 0 Å². The van der Waals surface area contributed by atoms with Gasteiger partial charge in [-0.3, -0.25) is 4.90 Å². The number of piperazine rings is 1. The molecule has 1 fully saturated rings. The van der Waals surface area contributed by atoms with E-state index in [4.69, 9.17) is 10.5 Å². The van der Waals surface area contributed by atoms with E-state index in [0.29, 0.717) is 6.04 Å². The zero-order valence-electron chi connectivity index (χ0n) is 12.5. The molecule has 0 radical (unpaired) electrons. The van der Waals surface area contributed by atoms with Crippen molar-refractivity contribution in [3.8, 4) is 5.75 Å². The van der Waals surface area contributed by atoms with E-state index in [0.717, 1.165) is 44.9 Å². The van der Waals surface area contributed by atoms with Gasteiger partial charge in [0.25, 0.3) is 0 Å². The maximum absolute atomic E-state index is 6.09. The monoisotopic (exact) mass is 275 g/mol. The van der Waals surface area contributed by atoms with Crippen molar-refractivity contribution in [2.45, 2.75) is 25.5 Å². The highest BCUT2D eigenvalue weighted by atomic mass is 16.5. The van der Waals surface area contributed by atoms with Gasteiger partial charge in [0, 0.05) is 45.2 Å². The number of benzene rings is 1. The summed E-state index contributed by atoms with van der Waals surface area (Å²) in [6, 6.07) is 6.94. The zero-order valence-corrected chi connectivity index (χ0v) is 12.5. The third-order valence-electron chi connectivity index (χ3n) is 4.48. The van der Waals surface area contributed by atoms with Gasteiger partial charge < -0.3 is 15.4 Å². The van der Waals surface area contributed by atoms with Crippen molar-refractivity contribution >= 4 is 0 Å². The van der Waals surface area contributed by atoms with Gasteiger partial charge in [0.1, 0.15) is 11.9 Å². The van der Waals surface area contributed by atoms with Crippen molar-refractivity contribution in [2.75, 3.05) is 39.8 Å². The Morgan fingerprint density at radius 3 is 3.00 bits per heavy atom. The van der Waals surface area contributed by atoms with E-state index in [2.05, 4.69) is 42.0 Å².